The van der Waals surface area contributed by atoms with Crippen LogP contribution >= 0.6 is 0 Å². The molecule has 0 aliphatic heterocycles. The highest BCUT2D eigenvalue weighted by atomic mass is 16.6. The number of hydrogen-bond acceptors (Lipinski definition) is 6. The van der Waals surface area contributed by atoms with Crippen molar-refractivity contribution in [3.8, 4) is 0 Å². The van der Waals surface area contributed by atoms with E-state index in [1.165, 1.54) is 161 Å². The van der Waals surface area contributed by atoms with Gasteiger partial charge in [0.05, 0.1) is 0 Å². The van der Waals surface area contributed by atoms with Crippen molar-refractivity contribution in [2.75, 3.05) is 13.2 Å². The number of ether oxygens (including phenoxy) is 3. The van der Waals surface area contributed by atoms with E-state index < -0.39 is 6.10 Å². The quantitative estimate of drug-likeness (QED) is 0.0263. The zero-order valence-corrected chi connectivity index (χ0v) is 39.5. The van der Waals surface area contributed by atoms with Crippen molar-refractivity contribution < 1.29 is 28.6 Å². The molecule has 6 nitrogen and oxygen atoms in total. The summed E-state index contributed by atoms with van der Waals surface area (Å²) in [5.74, 6) is -0.871. The predicted molar refractivity (Wildman–Crippen MR) is 252 cm³/mol. The van der Waals surface area contributed by atoms with Crippen LogP contribution in [-0.2, 0) is 28.6 Å². The largest absolute Gasteiger partial charge is 0.462 e. The van der Waals surface area contributed by atoms with E-state index in [1.807, 2.05) is 0 Å². The first-order chi connectivity index (χ1) is 29.0. The van der Waals surface area contributed by atoms with Crippen LogP contribution in [0.15, 0.2) is 24.3 Å². The van der Waals surface area contributed by atoms with Crippen molar-refractivity contribution in [3.05, 3.63) is 24.3 Å². The molecule has 1 atom stereocenters. The van der Waals surface area contributed by atoms with E-state index in [2.05, 4.69) is 45.1 Å². The van der Waals surface area contributed by atoms with Gasteiger partial charge in [-0.2, -0.15) is 0 Å². The lowest BCUT2D eigenvalue weighted by Gasteiger charge is -2.18. The molecule has 0 saturated heterocycles. The summed E-state index contributed by atoms with van der Waals surface area (Å²) < 4.78 is 16.8. The topological polar surface area (TPSA) is 78.9 Å². The zero-order chi connectivity index (χ0) is 43.0. The fourth-order valence-corrected chi connectivity index (χ4v) is 7.53. The fraction of sp³-hybridized carbons (Fsp3) is 0.868. The Bertz CT molecular complexity index is 958. The predicted octanol–water partition coefficient (Wildman–Crippen LogP) is 16.8. The third kappa shape index (κ3) is 46.8. The molecule has 0 aliphatic carbocycles. The standard InChI is InChI=1S/C53H98O6/c1-4-7-10-13-16-19-22-25-26-29-31-34-37-40-43-46-52(55)58-49-50(59-53(56)47-44-41-38-35-32-28-24-21-18-15-12-9-6-3)48-57-51(54)45-42-39-36-33-30-27-23-20-17-14-11-8-5-2/h16,19,25-26,50H,4-15,17-18,20-24,27-49H2,1-3H3/b19-16-,26-25-. The van der Waals surface area contributed by atoms with Crippen LogP contribution in [0.2, 0.25) is 0 Å². The van der Waals surface area contributed by atoms with Gasteiger partial charge in [0.1, 0.15) is 13.2 Å². The molecule has 1 unspecified atom stereocenters. The van der Waals surface area contributed by atoms with Crippen LogP contribution in [0.5, 0.6) is 0 Å². The second-order valence-corrected chi connectivity index (χ2v) is 17.4. The van der Waals surface area contributed by atoms with Gasteiger partial charge >= 0.3 is 17.9 Å². The van der Waals surface area contributed by atoms with Gasteiger partial charge in [0.25, 0.3) is 0 Å². The summed E-state index contributed by atoms with van der Waals surface area (Å²) >= 11 is 0. The van der Waals surface area contributed by atoms with Gasteiger partial charge in [-0.25, -0.2) is 0 Å². The molecule has 0 rings (SSSR count). The number of rotatable bonds is 47. The second kappa shape index (κ2) is 48.6. The summed E-state index contributed by atoms with van der Waals surface area (Å²) in [7, 11) is 0. The molecule has 59 heavy (non-hydrogen) atoms. The molecule has 0 heterocycles. The lowest BCUT2D eigenvalue weighted by atomic mass is 10.0. The van der Waals surface area contributed by atoms with E-state index in [-0.39, 0.29) is 31.1 Å². The van der Waals surface area contributed by atoms with E-state index in [0.717, 1.165) is 77.0 Å². The van der Waals surface area contributed by atoms with Gasteiger partial charge in [-0.05, 0) is 51.4 Å². The molecular weight excluding hydrogens is 733 g/mol. The molecule has 0 N–H and O–H groups in total. The number of esters is 3. The molecule has 0 aromatic heterocycles. The maximum atomic E-state index is 12.8. The average molecular weight is 831 g/mol. The monoisotopic (exact) mass is 831 g/mol. The Balaban J connectivity index is 4.36. The van der Waals surface area contributed by atoms with Crippen LogP contribution in [-0.4, -0.2) is 37.2 Å². The Morgan fingerprint density at radius 2 is 0.610 bits per heavy atom. The van der Waals surface area contributed by atoms with E-state index in [0.29, 0.717) is 19.3 Å². The SMILES string of the molecule is CCCCC/C=C\C/C=C\CCCCCCCC(=O)OCC(COC(=O)CCCCCCCCCCCCCCC)OC(=O)CCCCCCCCCCCCCCC. The summed E-state index contributed by atoms with van der Waals surface area (Å²) in [6.07, 6.45) is 54.4. The smallest absolute Gasteiger partial charge is 0.306 e. The van der Waals surface area contributed by atoms with Gasteiger partial charge in [0.2, 0.25) is 0 Å². The van der Waals surface area contributed by atoms with Gasteiger partial charge < -0.3 is 14.2 Å². The molecule has 0 radical (unpaired) electrons. The normalized spacial score (nSPS) is 12.1. The molecule has 0 fully saturated rings. The van der Waals surface area contributed by atoms with Gasteiger partial charge in [-0.1, -0.05) is 231 Å². The Labute approximate surface area is 366 Å². The maximum Gasteiger partial charge on any atom is 0.306 e. The van der Waals surface area contributed by atoms with Crippen molar-refractivity contribution in [1.29, 1.82) is 0 Å². The summed E-state index contributed by atoms with van der Waals surface area (Å²) in [6.45, 7) is 6.62. The average Bonchev–Trinajstić information content (AvgIpc) is 3.23. The summed E-state index contributed by atoms with van der Waals surface area (Å²) in [4.78, 5) is 37.9. The van der Waals surface area contributed by atoms with E-state index in [1.54, 1.807) is 0 Å². The van der Waals surface area contributed by atoms with Crippen molar-refractivity contribution in [3.63, 3.8) is 0 Å². The Morgan fingerprint density at radius 1 is 0.339 bits per heavy atom. The molecule has 0 bridgehead atoms. The lowest BCUT2D eigenvalue weighted by molar-refractivity contribution is -0.167. The molecule has 0 aromatic carbocycles. The first kappa shape index (κ1) is 56.9. The first-order valence-electron chi connectivity index (χ1n) is 25.8. The summed E-state index contributed by atoms with van der Waals surface area (Å²) in [5.41, 5.74) is 0. The van der Waals surface area contributed by atoms with Crippen LogP contribution in [0.25, 0.3) is 0 Å². The summed E-state index contributed by atoms with van der Waals surface area (Å²) in [6, 6.07) is 0. The number of carbonyl (C=O) groups is 3. The van der Waals surface area contributed by atoms with Crippen molar-refractivity contribution >= 4 is 17.9 Å². The van der Waals surface area contributed by atoms with Gasteiger partial charge in [0, 0.05) is 19.3 Å². The molecule has 0 spiro atoms. The molecule has 0 aromatic rings. The zero-order valence-electron chi connectivity index (χ0n) is 39.5. The summed E-state index contributed by atoms with van der Waals surface area (Å²) in [5, 5.41) is 0. The van der Waals surface area contributed by atoms with Gasteiger partial charge in [0.15, 0.2) is 6.10 Å². The third-order valence-corrected chi connectivity index (χ3v) is 11.5. The van der Waals surface area contributed by atoms with Crippen LogP contribution in [0.3, 0.4) is 0 Å². The number of unbranched alkanes of at least 4 members (excludes halogenated alkanes) is 32. The van der Waals surface area contributed by atoms with Crippen LogP contribution in [0.1, 0.15) is 278 Å². The highest BCUT2D eigenvalue weighted by Gasteiger charge is 2.19. The van der Waals surface area contributed by atoms with E-state index in [9.17, 15) is 14.4 Å². The van der Waals surface area contributed by atoms with Crippen molar-refractivity contribution in [1.82, 2.24) is 0 Å². The number of hydrogen-bond donors (Lipinski definition) is 0. The number of carbonyl (C=O) groups excluding carboxylic acids is 3. The Morgan fingerprint density at radius 3 is 0.966 bits per heavy atom. The second-order valence-electron chi connectivity index (χ2n) is 17.4. The van der Waals surface area contributed by atoms with E-state index >= 15 is 0 Å². The molecule has 0 aliphatic rings. The minimum Gasteiger partial charge on any atom is -0.462 e. The van der Waals surface area contributed by atoms with Crippen molar-refractivity contribution in [2.24, 2.45) is 0 Å². The highest BCUT2D eigenvalue weighted by Crippen LogP contribution is 2.16. The third-order valence-electron chi connectivity index (χ3n) is 11.5. The molecule has 0 saturated carbocycles. The van der Waals surface area contributed by atoms with Gasteiger partial charge in [-0.15, -0.1) is 0 Å². The molecular formula is C53H98O6. The fourth-order valence-electron chi connectivity index (χ4n) is 7.53. The minimum atomic E-state index is -0.770. The maximum absolute atomic E-state index is 12.8. The van der Waals surface area contributed by atoms with Gasteiger partial charge in [-0.3, -0.25) is 14.4 Å². The van der Waals surface area contributed by atoms with Crippen LogP contribution in [0, 0.1) is 0 Å². The molecule has 346 valence electrons. The number of allylic oxidation sites excluding steroid dienone is 4. The first-order valence-corrected chi connectivity index (χ1v) is 25.8. The Kier molecular flexibility index (Phi) is 46.8. The van der Waals surface area contributed by atoms with Crippen LogP contribution in [0.4, 0.5) is 0 Å². The Hall–Kier alpha value is -2.11. The van der Waals surface area contributed by atoms with Crippen LogP contribution < -0.4 is 0 Å². The molecule has 0 amide bonds. The van der Waals surface area contributed by atoms with E-state index in [4.69, 9.17) is 14.2 Å². The highest BCUT2D eigenvalue weighted by molar-refractivity contribution is 5.71. The van der Waals surface area contributed by atoms with Crippen molar-refractivity contribution in [2.45, 2.75) is 284 Å². The molecule has 6 heteroatoms. The minimum absolute atomic E-state index is 0.0708. The lowest BCUT2D eigenvalue weighted by Crippen LogP contribution is -2.30.